The summed E-state index contributed by atoms with van der Waals surface area (Å²) >= 11 is 6.15. The molecule has 33 heavy (non-hydrogen) atoms. The maximum atomic E-state index is 13.6. The van der Waals surface area contributed by atoms with Crippen molar-refractivity contribution >= 4 is 28.9 Å². The highest BCUT2D eigenvalue weighted by Gasteiger charge is 2.58. The molecule has 4 fully saturated rings. The highest BCUT2D eigenvalue weighted by atomic mass is 35.5. The average Bonchev–Trinajstić information content (AvgIpc) is 3.33. The molecule has 5 aliphatic rings. The predicted octanol–water partition coefficient (Wildman–Crippen LogP) is 4.98. The zero-order valence-electron chi connectivity index (χ0n) is 19.8. The third-order valence-corrected chi connectivity index (χ3v) is 10.6. The van der Waals surface area contributed by atoms with Gasteiger partial charge in [0, 0.05) is 12.1 Å². The molecular weight excluding hydrogens is 436 g/mol. The van der Waals surface area contributed by atoms with Crippen LogP contribution in [0.2, 0.25) is 5.02 Å². The van der Waals surface area contributed by atoms with E-state index < -0.39 is 5.60 Å². The van der Waals surface area contributed by atoms with Gasteiger partial charge in [0.15, 0.2) is 11.6 Å². The number of ketones is 1. The number of pyridine rings is 1. The first-order chi connectivity index (χ1) is 15.7. The van der Waals surface area contributed by atoms with Crippen molar-refractivity contribution in [2.45, 2.75) is 77.2 Å². The van der Waals surface area contributed by atoms with E-state index in [1.54, 1.807) is 6.20 Å². The number of nitrogens with one attached hydrogen (secondary N) is 2. The lowest BCUT2D eigenvalue weighted by molar-refractivity contribution is -0.131. The lowest BCUT2D eigenvalue weighted by Crippen LogP contribution is -2.51. The molecule has 0 spiro atoms. The number of carbonyl (C=O) groups excluding carboxylic acids is 1. The third-order valence-electron chi connectivity index (χ3n) is 10.4. The van der Waals surface area contributed by atoms with E-state index in [9.17, 15) is 9.90 Å². The summed E-state index contributed by atoms with van der Waals surface area (Å²) in [4.78, 5) is 17.9. The Morgan fingerprint density at radius 3 is 2.82 bits per heavy atom. The quantitative estimate of drug-likeness (QED) is 0.576. The molecule has 1 aromatic rings. The van der Waals surface area contributed by atoms with Gasteiger partial charge in [-0.15, -0.1) is 5.53 Å². The van der Waals surface area contributed by atoms with Gasteiger partial charge in [0.1, 0.15) is 0 Å². The second-order valence-electron chi connectivity index (χ2n) is 12.2. The number of fused-ring (bicyclic) bond motifs is 6. The molecule has 180 valence electrons. The van der Waals surface area contributed by atoms with Gasteiger partial charge in [-0.3, -0.25) is 15.2 Å². The first-order valence-electron chi connectivity index (χ1n) is 12.9. The molecule has 6 nitrogen and oxygen atoms in total. The minimum atomic E-state index is -0.459. The molecule has 0 aromatic carbocycles. The SMILES string of the molecule is C[C@@]1(O)CC[C@H]2[C@H](CC[C@@H]3[C@@H]2CC[C@]2(C)[C@@H](C(=O)CN4NNc5ncc(Cl)cc54)CC[C@@H]32)C1. The topological polar surface area (TPSA) is 77.5 Å². The van der Waals surface area contributed by atoms with E-state index in [-0.39, 0.29) is 11.3 Å². The fourth-order valence-electron chi connectivity index (χ4n) is 8.91. The summed E-state index contributed by atoms with van der Waals surface area (Å²) in [5.74, 6) is 4.91. The van der Waals surface area contributed by atoms with Crippen LogP contribution in [-0.4, -0.2) is 28.0 Å². The molecule has 1 aliphatic heterocycles. The van der Waals surface area contributed by atoms with E-state index in [4.69, 9.17) is 11.6 Å². The van der Waals surface area contributed by atoms with Crippen molar-refractivity contribution in [3.05, 3.63) is 17.3 Å². The largest absolute Gasteiger partial charge is 0.390 e. The van der Waals surface area contributed by atoms with E-state index in [0.717, 1.165) is 42.7 Å². The van der Waals surface area contributed by atoms with Gasteiger partial charge in [-0.05, 0) is 106 Å². The smallest absolute Gasteiger partial charge is 0.166 e. The predicted molar refractivity (Wildman–Crippen MR) is 130 cm³/mol. The fraction of sp³-hybridized carbons (Fsp3) is 0.769. The number of hydrogen-bond donors (Lipinski definition) is 3. The first kappa shape index (κ1) is 22.1. The van der Waals surface area contributed by atoms with Crippen molar-refractivity contribution in [1.29, 1.82) is 0 Å². The normalized spacial score (nSPS) is 43.8. The van der Waals surface area contributed by atoms with E-state index in [0.29, 0.717) is 35.0 Å². The van der Waals surface area contributed by atoms with Crippen LogP contribution in [0.1, 0.15) is 71.6 Å². The number of aromatic nitrogens is 1. The molecule has 7 heteroatoms. The maximum Gasteiger partial charge on any atom is 0.166 e. The Hall–Kier alpha value is -1.37. The molecule has 3 N–H and O–H groups in total. The van der Waals surface area contributed by atoms with Gasteiger partial charge in [-0.25, -0.2) is 4.98 Å². The molecule has 1 aromatic heterocycles. The number of hydrazine groups is 2. The zero-order valence-corrected chi connectivity index (χ0v) is 20.6. The second kappa shape index (κ2) is 7.82. The molecule has 0 radical (unpaired) electrons. The number of aliphatic hydroxyl groups is 1. The molecule has 4 saturated carbocycles. The minimum absolute atomic E-state index is 0.119. The van der Waals surface area contributed by atoms with Crippen LogP contribution in [0.15, 0.2) is 12.3 Å². The first-order valence-corrected chi connectivity index (χ1v) is 13.3. The van der Waals surface area contributed by atoms with Crippen molar-refractivity contribution < 1.29 is 9.90 Å². The van der Waals surface area contributed by atoms with E-state index in [1.165, 1.54) is 38.5 Å². The highest BCUT2D eigenvalue weighted by molar-refractivity contribution is 6.30. The summed E-state index contributed by atoms with van der Waals surface area (Å²) in [6.45, 7) is 4.79. The molecule has 0 bridgehead atoms. The van der Waals surface area contributed by atoms with Crippen LogP contribution in [0.3, 0.4) is 0 Å². The second-order valence-corrected chi connectivity index (χ2v) is 12.6. The lowest BCUT2D eigenvalue weighted by Gasteiger charge is -2.56. The Morgan fingerprint density at radius 1 is 1.15 bits per heavy atom. The van der Waals surface area contributed by atoms with Gasteiger partial charge in [-0.2, -0.15) is 0 Å². The van der Waals surface area contributed by atoms with Crippen molar-refractivity contribution in [2.24, 2.45) is 40.9 Å². The van der Waals surface area contributed by atoms with E-state index >= 15 is 0 Å². The summed E-state index contributed by atoms with van der Waals surface area (Å²) in [6.07, 6.45) is 11.9. The number of Topliss-reactive ketones (excluding diaryl/α,β-unsaturated/α-hetero) is 1. The molecule has 2 heterocycles. The van der Waals surface area contributed by atoms with Gasteiger partial charge in [0.25, 0.3) is 0 Å². The molecule has 0 saturated heterocycles. The Bertz CT molecular complexity index is 954. The number of nitrogens with zero attached hydrogens (tertiary/aromatic N) is 2. The van der Waals surface area contributed by atoms with Gasteiger partial charge >= 0.3 is 0 Å². The Balaban J connectivity index is 1.17. The molecule has 4 aliphatic carbocycles. The van der Waals surface area contributed by atoms with Crippen LogP contribution in [0.4, 0.5) is 11.5 Å². The van der Waals surface area contributed by atoms with Crippen LogP contribution >= 0.6 is 11.6 Å². The average molecular weight is 473 g/mol. The molecule has 6 rings (SSSR count). The highest BCUT2D eigenvalue weighted by Crippen LogP contribution is 2.64. The van der Waals surface area contributed by atoms with Crippen molar-refractivity contribution in [1.82, 2.24) is 10.5 Å². The number of halogens is 1. The van der Waals surface area contributed by atoms with Crippen molar-refractivity contribution in [3.8, 4) is 0 Å². The Labute approximate surface area is 201 Å². The number of anilines is 2. The van der Waals surface area contributed by atoms with Crippen molar-refractivity contribution in [3.63, 3.8) is 0 Å². The Kier molecular flexibility index (Phi) is 5.24. The van der Waals surface area contributed by atoms with Crippen LogP contribution in [-0.2, 0) is 4.79 Å². The number of carbonyl (C=O) groups is 1. The van der Waals surface area contributed by atoms with Crippen molar-refractivity contribution in [2.75, 3.05) is 17.0 Å². The van der Waals surface area contributed by atoms with Gasteiger partial charge in [-0.1, -0.05) is 18.5 Å². The molecule has 8 atom stereocenters. The van der Waals surface area contributed by atoms with Crippen LogP contribution in [0.5, 0.6) is 0 Å². The van der Waals surface area contributed by atoms with Gasteiger partial charge in [0.05, 0.1) is 22.9 Å². The standard InChI is InChI=1S/C26H37ClN4O2/c1-25(33)9-7-17-15(12-25)3-4-19-18(17)8-10-26(2)20(19)5-6-21(26)23(32)14-31-22-11-16(27)13-28-24(22)29-30-31/h11,13,15,17-21,30,33H,3-10,12,14H2,1-2H3,(H,28,29)/t15-,17+,18-,19-,20+,21-,25-,26+/m1/s1. The van der Waals surface area contributed by atoms with Crippen LogP contribution < -0.4 is 16.0 Å². The monoisotopic (exact) mass is 472 g/mol. The van der Waals surface area contributed by atoms with Gasteiger partial charge in [0.2, 0.25) is 0 Å². The summed E-state index contributed by atoms with van der Waals surface area (Å²) in [6, 6.07) is 1.86. The Morgan fingerprint density at radius 2 is 1.97 bits per heavy atom. The van der Waals surface area contributed by atoms with Gasteiger partial charge < -0.3 is 5.11 Å². The minimum Gasteiger partial charge on any atom is -0.390 e. The van der Waals surface area contributed by atoms with E-state index in [1.807, 2.05) is 18.0 Å². The maximum absolute atomic E-state index is 13.6. The molecule has 0 amide bonds. The summed E-state index contributed by atoms with van der Waals surface area (Å²) in [7, 11) is 0. The summed E-state index contributed by atoms with van der Waals surface area (Å²) < 4.78 is 0. The zero-order chi connectivity index (χ0) is 23.0. The molecular formula is C26H37ClN4O2. The summed E-state index contributed by atoms with van der Waals surface area (Å²) in [5.41, 5.74) is 6.63. The third kappa shape index (κ3) is 3.59. The van der Waals surface area contributed by atoms with Crippen LogP contribution in [0, 0.1) is 40.9 Å². The van der Waals surface area contributed by atoms with Crippen LogP contribution in [0.25, 0.3) is 0 Å². The lowest BCUT2D eigenvalue weighted by atomic mass is 9.49. The number of hydrogen-bond acceptors (Lipinski definition) is 6. The fourth-order valence-corrected chi connectivity index (χ4v) is 9.06. The molecule has 0 unspecified atom stereocenters. The van der Waals surface area contributed by atoms with E-state index in [2.05, 4.69) is 22.9 Å². The summed E-state index contributed by atoms with van der Waals surface area (Å²) in [5, 5.41) is 13.1. The number of rotatable bonds is 3.